The largest absolute Gasteiger partial charge is 0.396 e. The molecule has 118 valence electrons. The van der Waals surface area contributed by atoms with E-state index < -0.39 is 24.4 Å². The van der Waals surface area contributed by atoms with Crippen LogP contribution in [-0.4, -0.2) is 36.1 Å². The van der Waals surface area contributed by atoms with E-state index in [1.165, 1.54) is 17.0 Å². The molecule has 1 aliphatic heterocycles. The number of benzene rings is 1. The topological polar surface area (TPSA) is 46.3 Å². The molecule has 1 aliphatic rings. The molecular weight excluding hydrogens is 305 g/mol. The number of carbonyl (C=O) groups excluding carboxylic acids is 1. The van der Waals surface area contributed by atoms with Crippen LogP contribution < -0.4 is 5.73 Å². The lowest BCUT2D eigenvalue weighted by Crippen LogP contribution is -2.35. The van der Waals surface area contributed by atoms with E-state index in [2.05, 4.69) is 0 Å². The van der Waals surface area contributed by atoms with Crippen molar-refractivity contribution < 1.29 is 18.0 Å². The Morgan fingerprint density at radius 1 is 1.33 bits per heavy atom. The average molecular weight is 323 g/mol. The molecule has 1 aromatic carbocycles. The van der Waals surface area contributed by atoms with Gasteiger partial charge in [-0.3, -0.25) is 4.79 Å². The molecule has 0 aliphatic carbocycles. The average Bonchev–Trinajstić information content (AvgIpc) is 2.82. The molecule has 2 rings (SSSR count). The van der Waals surface area contributed by atoms with Crippen molar-refractivity contribution in [3.8, 4) is 0 Å². The van der Waals surface area contributed by atoms with E-state index in [-0.39, 0.29) is 24.0 Å². The number of nitrogens with zero attached hydrogens (tertiary/aromatic N) is 1. The SMILES string of the molecule is Cl.N[C@@H]1CCN(C(=O)CC(c2ccccc2)C(F)(F)F)C1. The summed E-state index contributed by atoms with van der Waals surface area (Å²) in [6.07, 6.45) is -4.34. The van der Waals surface area contributed by atoms with Crippen LogP contribution in [-0.2, 0) is 4.79 Å². The molecule has 0 aromatic heterocycles. The fraction of sp³-hybridized carbons (Fsp3) is 0.500. The van der Waals surface area contributed by atoms with Gasteiger partial charge in [0.25, 0.3) is 0 Å². The minimum Gasteiger partial charge on any atom is -0.341 e. The summed E-state index contributed by atoms with van der Waals surface area (Å²) in [4.78, 5) is 13.4. The molecule has 2 atom stereocenters. The number of amides is 1. The highest BCUT2D eigenvalue weighted by Crippen LogP contribution is 2.37. The van der Waals surface area contributed by atoms with Crippen molar-refractivity contribution in [3.05, 3.63) is 35.9 Å². The van der Waals surface area contributed by atoms with Crippen molar-refractivity contribution in [1.29, 1.82) is 0 Å². The summed E-state index contributed by atoms with van der Waals surface area (Å²) in [5.41, 5.74) is 5.80. The van der Waals surface area contributed by atoms with E-state index in [4.69, 9.17) is 5.73 Å². The molecule has 1 unspecified atom stereocenters. The molecule has 2 N–H and O–H groups in total. The molecule has 3 nitrogen and oxygen atoms in total. The number of hydrogen-bond acceptors (Lipinski definition) is 2. The van der Waals surface area contributed by atoms with Crippen LogP contribution in [0.15, 0.2) is 30.3 Å². The fourth-order valence-corrected chi connectivity index (χ4v) is 2.43. The Kier molecular flexibility index (Phi) is 6.04. The zero-order valence-corrected chi connectivity index (χ0v) is 12.2. The zero-order valence-electron chi connectivity index (χ0n) is 11.3. The molecule has 0 radical (unpaired) electrons. The van der Waals surface area contributed by atoms with Gasteiger partial charge in [-0.2, -0.15) is 13.2 Å². The first-order valence-electron chi connectivity index (χ1n) is 6.53. The minimum absolute atomic E-state index is 0. The van der Waals surface area contributed by atoms with E-state index >= 15 is 0 Å². The summed E-state index contributed by atoms with van der Waals surface area (Å²) in [7, 11) is 0. The molecule has 1 aromatic rings. The van der Waals surface area contributed by atoms with Crippen molar-refractivity contribution in [1.82, 2.24) is 4.90 Å². The number of halogens is 4. The van der Waals surface area contributed by atoms with E-state index in [1.54, 1.807) is 18.2 Å². The zero-order chi connectivity index (χ0) is 14.8. The molecule has 0 bridgehead atoms. The number of nitrogens with two attached hydrogens (primary N) is 1. The number of rotatable bonds is 3. The van der Waals surface area contributed by atoms with Gasteiger partial charge in [-0.1, -0.05) is 30.3 Å². The Morgan fingerprint density at radius 3 is 2.43 bits per heavy atom. The summed E-state index contributed by atoms with van der Waals surface area (Å²) in [6.45, 7) is 0.789. The highest BCUT2D eigenvalue weighted by molar-refractivity contribution is 5.85. The van der Waals surface area contributed by atoms with Crippen LogP contribution in [0.5, 0.6) is 0 Å². The summed E-state index contributed by atoms with van der Waals surface area (Å²) < 4.78 is 39.4. The van der Waals surface area contributed by atoms with Crippen molar-refractivity contribution in [3.63, 3.8) is 0 Å². The van der Waals surface area contributed by atoms with Crippen LogP contribution in [0.25, 0.3) is 0 Å². The van der Waals surface area contributed by atoms with Gasteiger partial charge >= 0.3 is 6.18 Å². The lowest BCUT2D eigenvalue weighted by molar-refractivity contribution is -0.160. The molecule has 7 heteroatoms. The third kappa shape index (κ3) is 4.61. The van der Waals surface area contributed by atoms with Crippen LogP contribution in [0.2, 0.25) is 0 Å². The Hall–Kier alpha value is -1.27. The summed E-state index contributed by atoms with van der Waals surface area (Å²) in [6, 6.07) is 7.43. The van der Waals surface area contributed by atoms with Gasteiger partial charge in [0, 0.05) is 25.6 Å². The van der Waals surface area contributed by atoms with E-state index in [9.17, 15) is 18.0 Å². The maximum atomic E-state index is 13.1. The van der Waals surface area contributed by atoms with Crippen molar-refractivity contribution in [2.45, 2.75) is 31.0 Å². The molecule has 1 heterocycles. The van der Waals surface area contributed by atoms with Crippen LogP contribution in [0.4, 0.5) is 13.2 Å². The molecule has 21 heavy (non-hydrogen) atoms. The highest BCUT2D eigenvalue weighted by atomic mass is 35.5. The highest BCUT2D eigenvalue weighted by Gasteiger charge is 2.42. The lowest BCUT2D eigenvalue weighted by Gasteiger charge is -2.23. The fourth-order valence-electron chi connectivity index (χ4n) is 2.43. The van der Waals surface area contributed by atoms with Gasteiger partial charge in [0.15, 0.2) is 0 Å². The van der Waals surface area contributed by atoms with Crippen LogP contribution in [0.1, 0.15) is 24.3 Å². The smallest absolute Gasteiger partial charge is 0.341 e. The first kappa shape index (κ1) is 17.8. The third-order valence-electron chi connectivity index (χ3n) is 3.55. The van der Waals surface area contributed by atoms with E-state index in [1.807, 2.05) is 0 Å². The second kappa shape index (κ2) is 7.13. The Bertz CT molecular complexity index is 467. The minimum atomic E-state index is -4.43. The molecule has 0 spiro atoms. The Morgan fingerprint density at radius 2 is 1.95 bits per heavy atom. The quantitative estimate of drug-likeness (QED) is 0.930. The second-order valence-electron chi connectivity index (χ2n) is 5.10. The second-order valence-corrected chi connectivity index (χ2v) is 5.10. The standard InChI is InChI=1S/C14H17F3N2O.ClH/c15-14(16,17)12(10-4-2-1-3-5-10)8-13(20)19-7-6-11(18)9-19;/h1-5,11-12H,6-9,18H2;1H/t11-,12?;/m1./s1. The van der Waals surface area contributed by atoms with Gasteiger partial charge in [-0.05, 0) is 12.0 Å². The van der Waals surface area contributed by atoms with Gasteiger partial charge in [0.2, 0.25) is 5.91 Å². The Labute approximate surface area is 127 Å². The normalized spacial score (nSPS) is 20.0. The predicted molar refractivity (Wildman–Crippen MR) is 76.3 cm³/mol. The molecule has 1 saturated heterocycles. The predicted octanol–water partition coefficient (Wildman–Crippen LogP) is 2.70. The van der Waals surface area contributed by atoms with Crippen LogP contribution in [0, 0.1) is 0 Å². The molecule has 0 saturated carbocycles. The molecule has 1 fully saturated rings. The molecule has 1 amide bonds. The van der Waals surface area contributed by atoms with E-state index in [0.29, 0.717) is 19.5 Å². The van der Waals surface area contributed by atoms with Crippen LogP contribution >= 0.6 is 12.4 Å². The lowest BCUT2D eigenvalue weighted by atomic mass is 9.94. The summed E-state index contributed by atoms with van der Waals surface area (Å²) in [5, 5.41) is 0. The summed E-state index contributed by atoms with van der Waals surface area (Å²) in [5.74, 6) is -2.24. The maximum Gasteiger partial charge on any atom is 0.396 e. The first-order valence-corrected chi connectivity index (χ1v) is 6.53. The van der Waals surface area contributed by atoms with Gasteiger partial charge in [-0.25, -0.2) is 0 Å². The number of alkyl halides is 3. The summed E-state index contributed by atoms with van der Waals surface area (Å²) >= 11 is 0. The molecular formula is C14H18ClF3N2O. The van der Waals surface area contributed by atoms with Crippen molar-refractivity contribution >= 4 is 18.3 Å². The maximum absolute atomic E-state index is 13.1. The first-order chi connectivity index (χ1) is 9.38. The van der Waals surface area contributed by atoms with Gasteiger partial charge in [0.1, 0.15) is 0 Å². The number of hydrogen-bond donors (Lipinski definition) is 1. The third-order valence-corrected chi connectivity index (χ3v) is 3.55. The van der Waals surface area contributed by atoms with Crippen molar-refractivity contribution in [2.24, 2.45) is 5.73 Å². The number of carbonyl (C=O) groups is 1. The van der Waals surface area contributed by atoms with Crippen molar-refractivity contribution in [2.75, 3.05) is 13.1 Å². The van der Waals surface area contributed by atoms with E-state index in [0.717, 1.165) is 0 Å². The van der Waals surface area contributed by atoms with Gasteiger partial charge < -0.3 is 10.6 Å². The van der Waals surface area contributed by atoms with Gasteiger partial charge in [-0.15, -0.1) is 12.4 Å². The Balaban J connectivity index is 0.00000220. The van der Waals surface area contributed by atoms with Crippen LogP contribution in [0.3, 0.4) is 0 Å². The number of likely N-dealkylation sites (tertiary alicyclic amines) is 1. The monoisotopic (exact) mass is 322 g/mol. The van der Waals surface area contributed by atoms with Gasteiger partial charge in [0.05, 0.1) is 5.92 Å².